The minimum atomic E-state index is -1.39. The van der Waals surface area contributed by atoms with Crippen LogP contribution in [0.4, 0.5) is 5.69 Å². The summed E-state index contributed by atoms with van der Waals surface area (Å²) in [5.41, 5.74) is 8.21. The summed E-state index contributed by atoms with van der Waals surface area (Å²) in [5, 5.41) is 15.9. The number of benzodiazepines with no additional fused rings is 1. The van der Waals surface area contributed by atoms with Crippen LogP contribution in [0.2, 0.25) is 5.02 Å². The Kier molecular flexibility index (Phi) is 12.8. The lowest BCUT2D eigenvalue weighted by Crippen LogP contribution is -2.55. The maximum absolute atomic E-state index is 14.5. The minimum absolute atomic E-state index is 0.0131. The fraction of sp³-hybridized carbons (Fsp3) is 0.438. The number of benzene rings is 2. The van der Waals surface area contributed by atoms with Crippen LogP contribution < -0.4 is 20.7 Å². The molecule has 0 bridgehead atoms. The Labute approximate surface area is 297 Å². The molecule has 1 aromatic heterocycles. The molecule has 2 unspecified atom stereocenters. The fourth-order valence-corrected chi connectivity index (χ4v) is 7.43. The van der Waals surface area contributed by atoms with E-state index in [1.165, 1.54) is 27.6 Å². The van der Waals surface area contributed by atoms with Gasteiger partial charge in [-0.1, -0.05) is 108 Å². The fourth-order valence-electron chi connectivity index (χ4n) is 4.84. The number of fused-ring (bicyclic) bond motifs is 1. The predicted octanol–water partition coefficient (Wildman–Crippen LogP) is 3.47. The lowest BCUT2D eigenvalue weighted by Gasteiger charge is -2.30. The van der Waals surface area contributed by atoms with E-state index in [4.69, 9.17) is 27.1 Å². The number of likely N-dealkylation sites (N-methyl/N-ethyl adjacent to an activating group) is 1. The number of nitrogens with one attached hydrogen (secondary N) is 2. The standard InChI is InChI=1S/C32H40ClN9O5S2/c1-18(2)14-23(30(46)47-31-37-39-40-38-31)35-25(43)16-42-24-13-12-20(33)15-21(24)26(19-10-8-7-9-11-19)36-27(29(42)45)41(6)28(44)22(34)17-48-49-32(3,4)5/h7-13,15,18,22-23,27H,14,16-17,34H2,1-6H3,(H,35,43)(H,37,38,39,40)/t22?,23-,27?/m0/s1. The number of aliphatic imine (C=N–C) groups is 1. The summed E-state index contributed by atoms with van der Waals surface area (Å²) < 4.78 is 5.14. The zero-order valence-corrected chi connectivity index (χ0v) is 30.4. The van der Waals surface area contributed by atoms with Gasteiger partial charge in [-0.2, -0.15) is 5.21 Å². The van der Waals surface area contributed by atoms with Crippen molar-refractivity contribution in [1.29, 1.82) is 0 Å². The Balaban J connectivity index is 1.69. The van der Waals surface area contributed by atoms with Crippen LogP contribution in [0.5, 0.6) is 6.01 Å². The second kappa shape index (κ2) is 16.6. The molecule has 2 aromatic carbocycles. The number of anilines is 1. The Morgan fingerprint density at radius 3 is 2.51 bits per heavy atom. The van der Waals surface area contributed by atoms with E-state index in [9.17, 15) is 19.2 Å². The summed E-state index contributed by atoms with van der Waals surface area (Å²) in [6.45, 7) is 9.42. The summed E-state index contributed by atoms with van der Waals surface area (Å²) >= 11 is 6.46. The van der Waals surface area contributed by atoms with Gasteiger partial charge in [0.15, 0.2) is 0 Å². The van der Waals surface area contributed by atoms with Gasteiger partial charge in [-0.05, 0) is 35.8 Å². The van der Waals surface area contributed by atoms with E-state index in [1.54, 1.807) is 29.0 Å². The first-order chi connectivity index (χ1) is 23.1. The van der Waals surface area contributed by atoms with Crippen molar-refractivity contribution < 1.29 is 23.9 Å². The summed E-state index contributed by atoms with van der Waals surface area (Å²) in [6, 6.07) is 11.7. The van der Waals surface area contributed by atoms with E-state index in [-0.39, 0.29) is 23.1 Å². The molecule has 1 aliphatic heterocycles. The molecule has 1 aliphatic rings. The van der Waals surface area contributed by atoms with Crippen LogP contribution in [0.15, 0.2) is 53.5 Å². The molecule has 0 aliphatic carbocycles. The molecule has 2 heterocycles. The van der Waals surface area contributed by atoms with Gasteiger partial charge < -0.3 is 20.7 Å². The zero-order chi connectivity index (χ0) is 35.9. The molecule has 14 nitrogen and oxygen atoms in total. The van der Waals surface area contributed by atoms with Crippen LogP contribution >= 0.6 is 33.2 Å². The van der Waals surface area contributed by atoms with Crippen LogP contribution in [-0.4, -0.2) is 97.3 Å². The molecule has 3 aromatic rings. The van der Waals surface area contributed by atoms with Gasteiger partial charge in [0.2, 0.25) is 18.0 Å². The summed E-state index contributed by atoms with van der Waals surface area (Å²) in [4.78, 5) is 62.1. The molecule has 4 N–H and O–H groups in total. The number of H-pyrrole nitrogens is 1. The largest absolute Gasteiger partial charge is 0.387 e. The van der Waals surface area contributed by atoms with E-state index in [1.807, 2.05) is 44.2 Å². The zero-order valence-electron chi connectivity index (χ0n) is 28.0. The number of aromatic amines is 1. The molecule has 4 rings (SSSR count). The van der Waals surface area contributed by atoms with Crippen molar-refractivity contribution in [3.05, 3.63) is 64.7 Å². The molecule has 0 spiro atoms. The first-order valence-electron chi connectivity index (χ1n) is 15.5. The summed E-state index contributed by atoms with van der Waals surface area (Å²) in [7, 11) is 4.54. The smallest absolute Gasteiger partial charge is 0.363 e. The van der Waals surface area contributed by atoms with Crippen molar-refractivity contribution in [2.75, 3.05) is 24.2 Å². The monoisotopic (exact) mass is 729 g/mol. The van der Waals surface area contributed by atoms with Gasteiger partial charge in [-0.25, -0.2) is 9.79 Å². The number of halogens is 1. The van der Waals surface area contributed by atoms with E-state index < -0.39 is 48.5 Å². The van der Waals surface area contributed by atoms with Crippen molar-refractivity contribution in [2.24, 2.45) is 16.6 Å². The second-order valence-corrected chi connectivity index (χ2v) is 16.3. The molecule has 0 radical (unpaired) electrons. The highest BCUT2D eigenvalue weighted by Crippen LogP contribution is 2.35. The number of carbonyl (C=O) groups excluding carboxylic acids is 4. The van der Waals surface area contributed by atoms with Crippen molar-refractivity contribution in [2.45, 2.75) is 64.0 Å². The molecule has 17 heteroatoms. The molecule has 3 atom stereocenters. The van der Waals surface area contributed by atoms with E-state index >= 15 is 0 Å². The third kappa shape index (κ3) is 10.3. The Morgan fingerprint density at radius 2 is 1.88 bits per heavy atom. The van der Waals surface area contributed by atoms with E-state index in [0.29, 0.717) is 33.3 Å². The number of nitrogens with two attached hydrogens (primary N) is 1. The number of esters is 1. The van der Waals surface area contributed by atoms with Gasteiger partial charge in [0.1, 0.15) is 12.6 Å². The van der Waals surface area contributed by atoms with Gasteiger partial charge in [-0.15, -0.1) is 0 Å². The van der Waals surface area contributed by atoms with Gasteiger partial charge >= 0.3 is 12.0 Å². The molecule has 49 heavy (non-hydrogen) atoms. The molecule has 0 saturated carbocycles. The first-order valence-corrected chi connectivity index (χ1v) is 18.2. The van der Waals surface area contributed by atoms with Crippen LogP contribution in [0, 0.1) is 5.92 Å². The highest BCUT2D eigenvalue weighted by molar-refractivity contribution is 8.77. The normalized spacial score (nSPS) is 15.9. The Hall–Kier alpha value is -3.99. The third-order valence-corrected chi connectivity index (χ3v) is 10.6. The molecule has 262 valence electrons. The molecular formula is C32H40ClN9O5S2. The average Bonchev–Trinajstić information content (AvgIpc) is 3.52. The van der Waals surface area contributed by atoms with Gasteiger partial charge in [0.05, 0.1) is 17.4 Å². The third-order valence-electron chi connectivity index (χ3n) is 7.02. The molecule has 0 fully saturated rings. The number of nitrogens with zero attached hydrogens (tertiary/aromatic N) is 6. The second-order valence-electron chi connectivity index (χ2n) is 12.7. The van der Waals surface area contributed by atoms with E-state index in [0.717, 1.165) is 0 Å². The number of tetrazole rings is 1. The number of rotatable bonds is 13. The number of carbonyl (C=O) groups is 4. The molecule has 3 amide bonds. The topological polar surface area (TPSA) is 189 Å². The number of hydrogen-bond acceptors (Lipinski definition) is 12. The maximum atomic E-state index is 14.5. The quantitative estimate of drug-likeness (QED) is 0.173. The lowest BCUT2D eigenvalue weighted by atomic mass is 10.00. The predicted molar refractivity (Wildman–Crippen MR) is 191 cm³/mol. The Bertz CT molecular complexity index is 1670. The van der Waals surface area contributed by atoms with Crippen molar-refractivity contribution in [1.82, 2.24) is 30.8 Å². The molecule has 0 saturated heterocycles. The van der Waals surface area contributed by atoms with Gasteiger partial charge in [0.25, 0.3) is 5.91 Å². The summed E-state index contributed by atoms with van der Waals surface area (Å²) in [5.74, 6) is -2.31. The lowest BCUT2D eigenvalue weighted by molar-refractivity contribution is -0.140. The first kappa shape index (κ1) is 37.8. The average molecular weight is 730 g/mol. The number of aromatic nitrogens is 4. The highest BCUT2D eigenvalue weighted by atomic mass is 35.5. The highest BCUT2D eigenvalue weighted by Gasteiger charge is 2.39. The summed E-state index contributed by atoms with van der Waals surface area (Å²) in [6.07, 6.45) is -1.16. The van der Waals surface area contributed by atoms with Crippen LogP contribution in [0.25, 0.3) is 0 Å². The number of amides is 3. The SMILES string of the molecule is CC(C)C[C@H](NC(=O)CN1C(=O)C(N(C)C(=O)C(N)CSSC(C)(C)C)N=C(c2ccccc2)c2cc(Cl)ccc21)C(=O)Oc1nn[nH]n1. The molecular weight excluding hydrogens is 690 g/mol. The van der Waals surface area contributed by atoms with Gasteiger partial charge in [0, 0.05) is 33.7 Å². The van der Waals surface area contributed by atoms with Crippen LogP contribution in [-0.2, 0) is 19.2 Å². The van der Waals surface area contributed by atoms with Crippen LogP contribution in [0.1, 0.15) is 52.2 Å². The van der Waals surface area contributed by atoms with Gasteiger partial charge in [-0.3, -0.25) is 19.3 Å². The Morgan fingerprint density at radius 1 is 1.16 bits per heavy atom. The van der Waals surface area contributed by atoms with E-state index in [2.05, 4.69) is 46.7 Å². The number of ether oxygens (including phenoxy) is 1. The van der Waals surface area contributed by atoms with Crippen molar-refractivity contribution in [3.8, 4) is 6.01 Å². The van der Waals surface area contributed by atoms with Crippen LogP contribution in [0.3, 0.4) is 0 Å². The number of hydrogen-bond donors (Lipinski definition) is 3. The minimum Gasteiger partial charge on any atom is -0.387 e. The van der Waals surface area contributed by atoms with Crippen molar-refractivity contribution >= 4 is 68.3 Å². The maximum Gasteiger partial charge on any atom is 0.363 e. The van der Waals surface area contributed by atoms with Crippen molar-refractivity contribution in [3.63, 3.8) is 0 Å².